The maximum absolute atomic E-state index is 6.54. The van der Waals surface area contributed by atoms with Gasteiger partial charge in [-0.3, -0.25) is 0 Å². The van der Waals surface area contributed by atoms with Crippen molar-refractivity contribution in [2.45, 2.75) is 19.3 Å². The van der Waals surface area contributed by atoms with Crippen LogP contribution in [0.4, 0.5) is 0 Å². The molecule has 8 aromatic carbocycles. The second kappa shape index (κ2) is 10.0. The highest BCUT2D eigenvalue weighted by Crippen LogP contribution is 2.53. The molecule has 0 atom stereocenters. The number of hydrogen-bond acceptors (Lipinski definition) is 1. The first-order valence-corrected chi connectivity index (χ1v) is 16.8. The molecule has 0 N–H and O–H groups in total. The van der Waals surface area contributed by atoms with E-state index in [1.54, 1.807) is 0 Å². The van der Waals surface area contributed by atoms with Crippen molar-refractivity contribution in [3.8, 4) is 67.1 Å². The monoisotopic (exact) mass is 612 g/mol. The van der Waals surface area contributed by atoms with E-state index < -0.39 is 0 Å². The second-order valence-corrected chi connectivity index (χ2v) is 13.7. The van der Waals surface area contributed by atoms with E-state index in [2.05, 4.69) is 172 Å². The van der Waals surface area contributed by atoms with E-state index in [9.17, 15) is 0 Å². The molecule has 0 saturated carbocycles. The van der Waals surface area contributed by atoms with E-state index in [1.807, 2.05) is 0 Å². The number of ether oxygens (including phenoxy) is 1. The molecule has 2 aliphatic rings. The Morgan fingerprint density at radius 2 is 1.06 bits per heavy atom. The Bertz CT molecular complexity index is 2610. The Kier molecular flexibility index (Phi) is 5.69. The normalized spacial score (nSPS) is 13.5. The van der Waals surface area contributed by atoms with Gasteiger partial charge in [-0.15, -0.1) is 0 Å². The van der Waals surface area contributed by atoms with Crippen LogP contribution in [0.25, 0.3) is 77.2 Å². The van der Waals surface area contributed by atoms with Gasteiger partial charge in [-0.25, -0.2) is 0 Å². The second-order valence-electron chi connectivity index (χ2n) is 13.7. The molecule has 0 bridgehead atoms. The lowest BCUT2D eigenvalue weighted by Crippen LogP contribution is -2.15. The molecule has 0 saturated heterocycles. The summed E-state index contributed by atoms with van der Waals surface area (Å²) in [6.45, 7) is 4.73. The summed E-state index contributed by atoms with van der Waals surface area (Å²) in [6.07, 6.45) is 0. The third-order valence-electron chi connectivity index (χ3n) is 10.7. The molecule has 1 aliphatic carbocycles. The quantitative estimate of drug-likeness (QED) is 0.193. The average molecular weight is 613 g/mol. The minimum Gasteiger partial charge on any atom is -0.456 e. The van der Waals surface area contributed by atoms with Crippen LogP contribution in [0.2, 0.25) is 0 Å². The van der Waals surface area contributed by atoms with Gasteiger partial charge in [0, 0.05) is 16.4 Å². The summed E-state index contributed by atoms with van der Waals surface area (Å²) < 4.78 is 6.54. The molecule has 226 valence electrons. The fraction of sp³-hybridized carbons (Fsp3) is 0.0638. The molecule has 8 aromatic rings. The van der Waals surface area contributed by atoms with Crippen molar-refractivity contribution in [1.82, 2.24) is 0 Å². The summed E-state index contributed by atoms with van der Waals surface area (Å²) in [6, 6.07) is 57.6. The predicted octanol–water partition coefficient (Wildman–Crippen LogP) is 13.1. The third kappa shape index (κ3) is 3.91. The van der Waals surface area contributed by atoms with Crippen molar-refractivity contribution in [1.29, 1.82) is 0 Å². The van der Waals surface area contributed by atoms with Gasteiger partial charge in [-0.05, 0) is 108 Å². The zero-order valence-corrected chi connectivity index (χ0v) is 26.9. The van der Waals surface area contributed by atoms with Gasteiger partial charge in [0.1, 0.15) is 11.5 Å². The molecular weight excluding hydrogens is 581 g/mol. The summed E-state index contributed by atoms with van der Waals surface area (Å²) in [5.41, 5.74) is 15.1. The van der Waals surface area contributed by atoms with Crippen LogP contribution in [0.15, 0.2) is 158 Å². The Balaban J connectivity index is 1.06. The van der Waals surface area contributed by atoms with E-state index in [0.717, 1.165) is 17.1 Å². The van der Waals surface area contributed by atoms with Crippen LogP contribution in [-0.4, -0.2) is 0 Å². The fourth-order valence-corrected chi connectivity index (χ4v) is 8.25. The number of benzene rings is 8. The molecule has 1 nitrogen and oxygen atoms in total. The fourth-order valence-electron chi connectivity index (χ4n) is 8.25. The minimum atomic E-state index is -0.0709. The molecule has 48 heavy (non-hydrogen) atoms. The lowest BCUT2D eigenvalue weighted by atomic mass is 9.81. The van der Waals surface area contributed by atoms with Crippen LogP contribution in [0.1, 0.15) is 25.0 Å². The van der Waals surface area contributed by atoms with Crippen molar-refractivity contribution < 1.29 is 4.74 Å². The molecule has 0 amide bonds. The van der Waals surface area contributed by atoms with Crippen molar-refractivity contribution in [3.05, 3.63) is 169 Å². The van der Waals surface area contributed by atoms with E-state index in [-0.39, 0.29) is 5.41 Å². The summed E-state index contributed by atoms with van der Waals surface area (Å²) in [5, 5.41) is 5.02. The Hall–Kier alpha value is -5.92. The SMILES string of the molecule is CC1(C)c2cc(-c3cccc(-c4ccc5c(c4)-c4cccc6c(-c7ccccc7)ccc(c46)O5)c3)ccc2-c2c1ccc1ccccc21. The van der Waals surface area contributed by atoms with Crippen molar-refractivity contribution >= 4 is 21.5 Å². The number of fused-ring (bicyclic) bond motifs is 7. The maximum Gasteiger partial charge on any atom is 0.135 e. The molecular formula is C47H32O. The smallest absolute Gasteiger partial charge is 0.135 e. The largest absolute Gasteiger partial charge is 0.456 e. The van der Waals surface area contributed by atoms with Gasteiger partial charge >= 0.3 is 0 Å². The summed E-state index contributed by atoms with van der Waals surface area (Å²) >= 11 is 0. The van der Waals surface area contributed by atoms with Gasteiger partial charge < -0.3 is 4.74 Å². The Morgan fingerprint density at radius 1 is 0.396 bits per heavy atom. The topological polar surface area (TPSA) is 9.23 Å². The number of rotatable bonds is 3. The van der Waals surface area contributed by atoms with Gasteiger partial charge in [-0.2, -0.15) is 0 Å². The third-order valence-corrected chi connectivity index (χ3v) is 10.7. The zero-order chi connectivity index (χ0) is 32.0. The molecule has 0 fully saturated rings. The van der Waals surface area contributed by atoms with E-state index >= 15 is 0 Å². The molecule has 1 aliphatic heterocycles. The standard InChI is InChI=1S/C47H32O/c1-47(2)41-23-19-30-12-6-7-15-36(30)45(41)39-21-18-34(28-42(39)47)32-14-8-13-31(26-32)33-20-24-43-40(27-33)38-17-9-16-37-35(29-10-4-3-5-11-29)22-25-44(48-43)46(37)38/h3-28H,1-2H3. The highest BCUT2D eigenvalue weighted by atomic mass is 16.5. The molecule has 0 unspecified atom stereocenters. The van der Waals surface area contributed by atoms with Crippen LogP contribution in [-0.2, 0) is 5.41 Å². The van der Waals surface area contributed by atoms with Crippen LogP contribution < -0.4 is 4.74 Å². The van der Waals surface area contributed by atoms with Crippen molar-refractivity contribution in [2.75, 3.05) is 0 Å². The van der Waals surface area contributed by atoms with Gasteiger partial charge in [0.2, 0.25) is 0 Å². The van der Waals surface area contributed by atoms with Crippen molar-refractivity contribution in [3.63, 3.8) is 0 Å². The molecule has 0 spiro atoms. The molecule has 0 radical (unpaired) electrons. The summed E-state index contributed by atoms with van der Waals surface area (Å²) in [5.74, 6) is 1.81. The summed E-state index contributed by atoms with van der Waals surface area (Å²) in [7, 11) is 0. The average Bonchev–Trinajstić information content (AvgIpc) is 3.38. The van der Waals surface area contributed by atoms with Gasteiger partial charge in [-0.1, -0.05) is 141 Å². The van der Waals surface area contributed by atoms with E-state index in [4.69, 9.17) is 4.74 Å². The highest BCUT2D eigenvalue weighted by Gasteiger charge is 2.36. The Morgan fingerprint density at radius 3 is 1.94 bits per heavy atom. The molecule has 1 heteroatoms. The number of hydrogen-bond donors (Lipinski definition) is 0. The Labute approximate surface area is 280 Å². The van der Waals surface area contributed by atoms with Crippen molar-refractivity contribution in [2.24, 2.45) is 0 Å². The van der Waals surface area contributed by atoms with Crippen LogP contribution in [0, 0.1) is 0 Å². The summed E-state index contributed by atoms with van der Waals surface area (Å²) in [4.78, 5) is 0. The van der Waals surface area contributed by atoms with Crippen LogP contribution in [0.3, 0.4) is 0 Å². The predicted molar refractivity (Wildman–Crippen MR) is 201 cm³/mol. The van der Waals surface area contributed by atoms with Gasteiger partial charge in [0.15, 0.2) is 0 Å². The van der Waals surface area contributed by atoms with E-state index in [0.29, 0.717) is 0 Å². The molecule has 1 heterocycles. The lowest BCUT2D eigenvalue weighted by molar-refractivity contribution is 0.487. The maximum atomic E-state index is 6.54. The first-order valence-electron chi connectivity index (χ1n) is 16.8. The van der Waals surface area contributed by atoms with E-state index in [1.165, 1.54) is 82.7 Å². The molecule has 0 aromatic heterocycles. The highest BCUT2D eigenvalue weighted by molar-refractivity contribution is 6.10. The first kappa shape index (κ1) is 27.2. The zero-order valence-electron chi connectivity index (χ0n) is 26.9. The lowest BCUT2D eigenvalue weighted by Gasteiger charge is -2.23. The van der Waals surface area contributed by atoms with Crippen LogP contribution >= 0.6 is 0 Å². The van der Waals surface area contributed by atoms with Crippen LogP contribution in [0.5, 0.6) is 11.5 Å². The van der Waals surface area contributed by atoms with Gasteiger partial charge in [0.05, 0.1) is 0 Å². The minimum absolute atomic E-state index is 0.0709. The molecule has 10 rings (SSSR count). The first-order chi connectivity index (χ1) is 23.5. The van der Waals surface area contributed by atoms with Gasteiger partial charge in [0.25, 0.3) is 0 Å².